The number of carbonyl (C=O) groups is 2. The first-order valence-electron chi connectivity index (χ1n) is 11.3. The Morgan fingerprint density at radius 1 is 1.20 bits per heavy atom. The van der Waals surface area contributed by atoms with Gasteiger partial charge in [0.05, 0.1) is 0 Å². The highest BCUT2D eigenvalue weighted by molar-refractivity contribution is 5.82. The van der Waals surface area contributed by atoms with Gasteiger partial charge in [-0.15, -0.1) is 0 Å². The summed E-state index contributed by atoms with van der Waals surface area (Å²) in [6, 6.07) is 0. The first-order chi connectivity index (χ1) is 14.0. The van der Waals surface area contributed by atoms with Crippen molar-refractivity contribution in [3.8, 4) is 0 Å². The van der Waals surface area contributed by atoms with E-state index in [1.807, 2.05) is 6.92 Å². The van der Waals surface area contributed by atoms with Gasteiger partial charge in [-0.1, -0.05) is 44.9 Å². The molecule has 0 amide bonds. The maximum Gasteiger partial charge on any atom is 0.330 e. The first kappa shape index (κ1) is 24.6. The van der Waals surface area contributed by atoms with Gasteiger partial charge in [0.15, 0.2) is 0 Å². The third-order valence-corrected chi connectivity index (χ3v) is 7.41. The predicted molar refractivity (Wildman–Crippen MR) is 118 cm³/mol. The van der Waals surface area contributed by atoms with E-state index in [2.05, 4.69) is 27.4 Å². The molecule has 2 aliphatic rings. The fraction of sp³-hybridized carbons (Fsp3) is 0.760. The molecule has 5 nitrogen and oxygen atoms in total. The Morgan fingerprint density at radius 2 is 1.87 bits per heavy atom. The number of aliphatic hydroxyl groups is 1. The zero-order valence-corrected chi connectivity index (χ0v) is 19.5. The molecule has 0 aromatic rings. The van der Waals surface area contributed by atoms with Crippen LogP contribution in [0.25, 0.3) is 0 Å². The molecule has 0 spiro atoms. The molecule has 2 rings (SSSR count). The van der Waals surface area contributed by atoms with Crippen molar-refractivity contribution < 1.29 is 24.2 Å². The van der Waals surface area contributed by atoms with Gasteiger partial charge in [-0.2, -0.15) is 0 Å². The van der Waals surface area contributed by atoms with Crippen LogP contribution in [0.4, 0.5) is 0 Å². The first-order valence-corrected chi connectivity index (χ1v) is 11.3. The van der Waals surface area contributed by atoms with Gasteiger partial charge in [0.25, 0.3) is 0 Å². The van der Waals surface area contributed by atoms with Crippen molar-refractivity contribution in [3.63, 3.8) is 0 Å². The second kappa shape index (κ2) is 10.1. The van der Waals surface area contributed by atoms with Gasteiger partial charge < -0.3 is 14.6 Å². The van der Waals surface area contributed by atoms with Crippen LogP contribution in [0.3, 0.4) is 0 Å². The molecular formula is C25H40O5. The molecular weight excluding hydrogens is 380 g/mol. The predicted octanol–water partition coefficient (Wildman–Crippen LogP) is 4.98. The molecule has 5 heteroatoms. The molecule has 2 aliphatic carbocycles. The van der Waals surface area contributed by atoms with E-state index in [-0.39, 0.29) is 13.2 Å². The van der Waals surface area contributed by atoms with E-state index in [4.69, 9.17) is 9.47 Å². The lowest BCUT2D eigenvalue weighted by molar-refractivity contribution is -0.148. The van der Waals surface area contributed by atoms with E-state index in [9.17, 15) is 14.7 Å². The van der Waals surface area contributed by atoms with Crippen LogP contribution in [-0.2, 0) is 19.1 Å². The van der Waals surface area contributed by atoms with Gasteiger partial charge in [0.1, 0.15) is 19.3 Å². The number of fused-ring (bicyclic) bond motifs is 1. The Hall–Kier alpha value is -1.62. The van der Waals surface area contributed by atoms with E-state index in [0.29, 0.717) is 16.7 Å². The molecule has 0 bridgehead atoms. The molecule has 4 atom stereocenters. The van der Waals surface area contributed by atoms with E-state index >= 15 is 0 Å². The van der Waals surface area contributed by atoms with E-state index in [1.165, 1.54) is 44.3 Å². The molecule has 2 fully saturated rings. The minimum Gasteiger partial charge on any atom is -0.463 e. The summed E-state index contributed by atoms with van der Waals surface area (Å²) >= 11 is 0. The number of hydrogen-bond donors (Lipinski definition) is 1. The van der Waals surface area contributed by atoms with E-state index in [1.54, 1.807) is 0 Å². The maximum atomic E-state index is 12.1. The minimum atomic E-state index is -1.01. The summed E-state index contributed by atoms with van der Waals surface area (Å²) in [7, 11) is 0. The summed E-state index contributed by atoms with van der Waals surface area (Å²) in [5.74, 6) is 0.264. The average molecular weight is 421 g/mol. The van der Waals surface area contributed by atoms with Crippen molar-refractivity contribution >= 4 is 11.9 Å². The van der Waals surface area contributed by atoms with Gasteiger partial charge >= 0.3 is 11.9 Å². The van der Waals surface area contributed by atoms with Crippen LogP contribution in [0.2, 0.25) is 0 Å². The summed E-state index contributed by atoms with van der Waals surface area (Å²) in [6.45, 7) is 14.6. The van der Waals surface area contributed by atoms with Crippen LogP contribution in [0.1, 0.15) is 79.6 Å². The highest BCUT2D eigenvalue weighted by Crippen LogP contribution is 2.61. The third-order valence-electron chi connectivity index (χ3n) is 7.41. The fourth-order valence-electron chi connectivity index (χ4n) is 5.93. The lowest BCUT2D eigenvalue weighted by Crippen LogP contribution is -2.49. The van der Waals surface area contributed by atoms with Gasteiger partial charge in [-0.25, -0.2) is 4.79 Å². The normalized spacial score (nSPS) is 29.7. The van der Waals surface area contributed by atoms with Gasteiger partial charge in [-0.3, -0.25) is 4.79 Å². The second-order valence-electron chi connectivity index (χ2n) is 10.3. The SMILES string of the molecule is C=C1CC[C@@H]2C(C)(C)CCC[C@@]2(C)[C@@H]1CC/C(C)=C/C(=O)OC[C@@H](O)COC(C)=O. The minimum absolute atomic E-state index is 0.175. The number of aliphatic hydroxyl groups excluding tert-OH is 1. The van der Waals surface area contributed by atoms with Crippen LogP contribution < -0.4 is 0 Å². The molecule has 0 radical (unpaired) electrons. The van der Waals surface area contributed by atoms with Crippen molar-refractivity contribution in [1.82, 2.24) is 0 Å². The fourth-order valence-corrected chi connectivity index (χ4v) is 5.93. The summed E-state index contributed by atoms with van der Waals surface area (Å²) in [5, 5.41) is 9.68. The molecule has 0 heterocycles. The van der Waals surface area contributed by atoms with Gasteiger partial charge in [-0.05, 0) is 68.1 Å². The number of esters is 2. The van der Waals surface area contributed by atoms with Crippen molar-refractivity contribution in [3.05, 3.63) is 23.8 Å². The smallest absolute Gasteiger partial charge is 0.330 e. The van der Waals surface area contributed by atoms with Gasteiger partial charge in [0.2, 0.25) is 0 Å². The van der Waals surface area contributed by atoms with Crippen molar-refractivity contribution in [1.29, 1.82) is 0 Å². The lowest BCUT2D eigenvalue weighted by Gasteiger charge is -2.58. The number of hydrogen-bond acceptors (Lipinski definition) is 5. The number of rotatable bonds is 8. The van der Waals surface area contributed by atoms with Crippen molar-refractivity contribution in [2.75, 3.05) is 13.2 Å². The standard InChI is InChI=1S/C25H40O5/c1-17(14-23(28)30-16-20(27)15-29-19(3)26)8-10-21-18(2)9-11-22-24(4,5)12-7-13-25(21,22)6/h14,20-22,27H,2,7-13,15-16H2,1,3-6H3/b17-14+/t20-,21+,22+,25-/m0/s1. The second-order valence-corrected chi connectivity index (χ2v) is 10.3. The summed E-state index contributed by atoms with van der Waals surface area (Å²) < 4.78 is 9.77. The van der Waals surface area contributed by atoms with Crippen LogP contribution >= 0.6 is 0 Å². The topological polar surface area (TPSA) is 72.8 Å². The Labute approximate surface area is 181 Å². The van der Waals surface area contributed by atoms with Crippen LogP contribution in [0.5, 0.6) is 0 Å². The number of allylic oxidation sites excluding steroid dienone is 2. The molecule has 0 aliphatic heterocycles. The summed E-state index contributed by atoms with van der Waals surface area (Å²) in [4.78, 5) is 22.8. The Bertz CT molecular complexity index is 677. The molecule has 30 heavy (non-hydrogen) atoms. The molecule has 0 aromatic carbocycles. The van der Waals surface area contributed by atoms with Gasteiger partial charge in [0, 0.05) is 13.0 Å². The molecule has 0 unspecified atom stereocenters. The highest BCUT2D eigenvalue weighted by Gasteiger charge is 2.52. The monoisotopic (exact) mass is 420 g/mol. The molecule has 2 saturated carbocycles. The number of ether oxygens (including phenoxy) is 2. The molecule has 0 saturated heterocycles. The summed E-state index contributed by atoms with van der Waals surface area (Å²) in [5.41, 5.74) is 3.02. The van der Waals surface area contributed by atoms with Crippen molar-refractivity contribution in [2.24, 2.45) is 22.7 Å². The number of carbonyl (C=O) groups excluding carboxylic acids is 2. The van der Waals surface area contributed by atoms with Crippen LogP contribution in [0, 0.1) is 22.7 Å². The van der Waals surface area contributed by atoms with Crippen LogP contribution in [-0.4, -0.2) is 36.4 Å². The zero-order chi connectivity index (χ0) is 22.5. The van der Waals surface area contributed by atoms with E-state index in [0.717, 1.165) is 30.8 Å². The quantitative estimate of drug-likeness (QED) is 0.341. The largest absolute Gasteiger partial charge is 0.463 e. The lowest BCUT2D eigenvalue weighted by atomic mass is 9.47. The molecule has 0 aromatic heterocycles. The Balaban J connectivity index is 1.90. The van der Waals surface area contributed by atoms with E-state index < -0.39 is 18.0 Å². The molecule has 170 valence electrons. The summed E-state index contributed by atoms with van der Waals surface area (Å²) in [6.07, 6.45) is 8.54. The average Bonchev–Trinajstić information content (AvgIpc) is 2.63. The Morgan fingerprint density at radius 3 is 2.53 bits per heavy atom. The van der Waals surface area contributed by atoms with Crippen molar-refractivity contribution in [2.45, 2.75) is 85.7 Å². The maximum absolute atomic E-state index is 12.1. The highest BCUT2D eigenvalue weighted by atomic mass is 16.6. The zero-order valence-electron chi connectivity index (χ0n) is 19.5. The molecule has 1 N–H and O–H groups in total. The van der Waals surface area contributed by atoms with Crippen LogP contribution in [0.15, 0.2) is 23.8 Å². The Kier molecular flexibility index (Phi) is 8.32. The third kappa shape index (κ3) is 6.19.